The molecule has 94 valence electrons. The maximum absolute atomic E-state index is 6.05. The Kier molecular flexibility index (Phi) is 4.56. The molecule has 1 heterocycles. The molecule has 0 bridgehead atoms. The molecular weight excluding hydrogens is 248 g/mol. The zero-order valence-electron chi connectivity index (χ0n) is 9.97. The summed E-state index contributed by atoms with van der Waals surface area (Å²) in [6.45, 7) is 1.05. The molecule has 3 nitrogen and oxygen atoms in total. The molecule has 0 spiro atoms. The lowest BCUT2D eigenvalue weighted by Gasteiger charge is -2.07. The molecule has 0 unspecified atom stereocenters. The van der Waals surface area contributed by atoms with E-state index in [1.54, 1.807) is 6.20 Å². The Morgan fingerprint density at radius 1 is 1.17 bits per heavy atom. The lowest BCUT2D eigenvalue weighted by atomic mass is 10.2. The molecule has 0 fully saturated rings. The maximum atomic E-state index is 6.05. The second-order valence-electron chi connectivity index (χ2n) is 3.90. The minimum absolute atomic E-state index is 0.442. The normalized spacial score (nSPS) is 10.3. The predicted octanol–water partition coefficient (Wildman–Crippen LogP) is 2.82. The van der Waals surface area contributed by atoms with Crippen LogP contribution in [-0.2, 0) is 13.0 Å². The van der Waals surface area contributed by atoms with Gasteiger partial charge in [-0.05, 0) is 24.7 Å². The van der Waals surface area contributed by atoms with Crippen LogP contribution >= 0.6 is 11.6 Å². The van der Waals surface area contributed by atoms with Gasteiger partial charge in [0.15, 0.2) is 0 Å². The van der Waals surface area contributed by atoms with Gasteiger partial charge in [0.2, 0.25) is 0 Å². The van der Waals surface area contributed by atoms with Gasteiger partial charge in [-0.2, -0.15) is 0 Å². The van der Waals surface area contributed by atoms with E-state index in [2.05, 4.69) is 4.98 Å². The van der Waals surface area contributed by atoms with E-state index in [9.17, 15) is 0 Å². The van der Waals surface area contributed by atoms with Crippen molar-refractivity contribution in [3.63, 3.8) is 0 Å². The molecule has 0 aliphatic carbocycles. The fourth-order valence-electron chi connectivity index (χ4n) is 1.57. The van der Waals surface area contributed by atoms with Gasteiger partial charge in [-0.15, -0.1) is 0 Å². The number of benzene rings is 1. The monoisotopic (exact) mass is 262 g/mol. The summed E-state index contributed by atoms with van der Waals surface area (Å²) in [5.41, 5.74) is 7.40. The van der Waals surface area contributed by atoms with E-state index < -0.39 is 0 Å². The quantitative estimate of drug-likeness (QED) is 0.901. The summed E-state index contributed by atoms with van der Waals surface area (Å²) >= 11 is 6.05. The number of nitrogens with two attached hydrogens (primary N) is 1. The van der Waals surface area contributed by atoms with Crippen LogP contribution in [0.15, 0.2) is 42.6 Å². The number of pyridine rings is 1. The molecule has 0 aliphatic rings. The summed E-state index contributed by atoms with van der Waals surface area (Å²) in [5, 5.41) is 0.713. The highest BCUT2D eigenvalue weighted by molar-refractivity contribution is 6.31. The van der Waals surface area contributed by atoms with Crippen molar-refractivity contribution in [3.8, 4) is 5.75 Å². The minimum Gasteiger partial charge on any atom is -0.487 e. The molecule has 2 aromatic rings. The summed E-state index contributed by atoms with van der Waals surface area (Å²) < 4.78 is 5.63. The fourth-order valence-corrected chi connectivity index (χ4v) is 1.76. The van der Waals surface area contributed by atoms with Crippen LogP contribution in [0, 0.1) is 0 Å². The van der Waals surface area contributed by atoms with Gasteiger partial charge in [-0.25, -0.2) is 0 Å². The smallest absolute Gasteiger partial charge is 0.138 e. The fraction of sp³-hybridized carbons (Fsp3) is 0.214. The van der Waals surface area contributed by atoms with E-state index >= 15 is 0 Å². The van der Waals surface area contributed by atoms with Gasteiger partial charge in [0.05, 0.1) is 6.20 Å². The zero-order valence-corrected chi connectivity index (χ0v) is 10.7. The van der Waals surface area contributed by atoms with Gasteiger partial charge >= 0.3 is 0 Å². The first-order valence-corrected chi connectivity index (χ1v) is 6.18. The largest absolute Gasteiger partial charge is 0.487 e. The number of rotatable bonds is 5. The molecule has 1 aromatic carbocycles. The molecular formula is C14H15ClN2O. The maximum Gasteiger partial charge on any atom is 0.138 e. The molecule has 0 amide bonds. The number of nitrogens with zero attached hydrogens (tertiary/aromatic N) is 1. The van der Waals surface area contributed by atoms with Crippen LogP contribution in [0.1, 0.15) is 11.3 Å². The lowest BCUT2D eigenvalue weighted by molar-refractivity contribution is 0.305. The number of ether oxygens (including phenoxy) is 1. The van der Waals surface area contributed by atoms with E-state index in [0.29, 0.717) is 18.2 Å². The molecule has 18 heavy (non-hydrogen) atoms. The van der Waals surface area contributed by atoms with Crippen LogP contribution in [0.5, 0.6) is 5.75 Å². The van der Waals surface area contributed by atoms with Gasteiger partial charge in [-0.3, -0.25) is 4.98 Å². The predicted molar refractivity (Wildman–Crippen MR) is 72.8 cm³/mol. The van der Waals surface area contributed by atoms with Gasteiger partial charge < -0.3 is 10.5 Å². The number of hydrogen-bond donors (Lipinski definition) is 1. The van der Waals surface area contributed by atoms with E-state index in [-0.39, 0.29) is 0 Å². The van der Waals surface area contributed by atoms with Gasteiger partial charge in [0.25, 0.3) is 0 Å². The number of halogens is 1. The van der Waals surface area contributed by atoms with Crippen molar-refractivity contribution in [1.29, 1.82) is 0 Å². The van der Waals surface area contributed by atoms with Crippen LogP contribution in [0.25, 0.3) is 0 Å². The molecule has 2 rings (SSSR count). The van der Waals surface area contributed by atoms with Crippen molar-refractivity contribution in [2.24, 2.45) is 5.73 Å². The van der Waals surface area contributed by atoms with Crippen molar-refractivity contribution in [2.45, 2.75) is 13.0 Å². The molecule has 0 atom stereocenters. The highest BCUT2D eigenvalue weighted by Crippen LogP contribution is 2.18. The Balaban J connectivity index is 1.96. The van der Waals surface area contributed by atoms with Crippen molar-refractivity contribution >= 4 is 11.6 Å². The van der Waals surface area contributed by atoms with Crippen molar-refractivity contribution in [1.82, 2.24) is 4.98 Å². The highest BCUT2D eigenvalue weighted by Gasteiger charge is 2.01. The third-order valence-electron chi connectivity index (χ3n) is 2.55. The molecule has 0 saturated heterocycles. The number of aromatic nitrogens is 1. The summed E-state index contributed by atoms with van der Waals surface area (Å²) in [6, 6.07) is 11.5. The molecule has 0 radical (unpaired) electrons. The van der Waals surface area contributed by atoms with Crippen molar-refractivity contribution < 1.29 is 4.74 Å². The Bertz CT molecular complexity index is 499. The standard InChI is InChI=1S/C14H15ClN2O/c15-14-4-2-1-3-11(14)10-18-13-6-5-12(7-8-16)17-9-13/h1-6,9H,7-8,10,16H2. The first kappa shape index (κ1) is 12.9. The molecule has 4 heteroatoms. The summed E-state index contributed by atoms with van der Waals surface area (Å²) in [6.07, 6.45) is 2.49. The first-order chi connectivity index (χ1) is 8.79. The van der Waals surface area contributed by atoms with E-state index in [0.717, 1.165) is 23.4 Å². The number of hydrogen-bond acceptors (Lipinski definition) is 3. The van der Waals surface area contributed by atoms with E-state index in [1.165, 1.54) is 0 Å². The molecule has 0 saturated carbocycles. The third kappa shape index (κ3) is 3.45. The van der Waals surface area contributed by atoms with Crippen LogP contribution in [-0.4, -0.2) is 11.5 Å². The molecule has 0 aliphatic heterocycles. The van der Waals surface area contributed by atoms with E-state index in [1.807, 2.05) is 36.4 Å². The summed E-state index contributed by atoms with van der Waals surface area (Å²) in [5.74, 6) is 0.732. The Morgan fingerprint density at radius 2 is 2.00 bits per heavy atom. The molecule has 1 aromatic heterocycles. The van der Waals surface area contributed by atoms with Gasteiger partial charge in [0, 0.05) is 22.7 Å². The lowest BCUT2D eigenvalue weighted by Crippen LogP contribution is -2.04. The van der Waals surface area contributed by atoms with Crippen molar-refractivity contribution in [3.05, 3.63) is 58.9 Å². The average Bonchev–Trinajstić information content (AvgIpc) is 2.40. The second kappa shape index (κ2) is 6.38. The third-order valence-corrected chi connectivity index (χ3v) is 2.92. The van der Waals surface area contributed by atoms with Gasteiger partial charge in [-0.1, -0.05) is 29.8 Å². The van der Waals surface area contributed by atoms with Crippen LogP contribution in [0.3, 0.4) is 0 Å². The Labute approximate surface area is 112 Å². The van der Waals surface area contributed by atoms with Gasteiger partial charge in [0.1, 0.15) is 12.4 Å². The van der Waals surface area contributed by atoms with Crippen LogP contribution < -0.4 is 10.5 Å². The summed E-state index contributed by atoms with van der Waals surface area (Å²) in [4.78, 5) is 4.27. The average molecular weight is 263 g/mol. The van der Waals surface area contributed by atoms with Crippen LogP contribution in [0.4, 0.5) is 0 Å². The summed E-state index contributed by atoms with van der Waals surface area (Å²) in [7, 11) is 0. The van der Waals surface area contributed by atoms with Crippen molar-refractivity contribution in [2.75, 3.05) is 6.54 Å². The highest BCUT2D eigenvalue weighted by atomic mass is 35.5. The minimum atomic E-state index is 0.442. The van der Waals surface area contributed by atoms with E-state index in [4.69, 9.17) is 22.1 Å². The second-order valence-corrected chi connectivity index (χ2v) is 4.31. The first-order valence-electron chi connectivity index (χ1n) is 5.81. The zero-order chi connectivity index (χ0) is 12.8. The topological polar surface area (TPSA) is 48.1 Å². The SMILES string of the molecule is NCCc1ccc(OCc2ccccc2Cl)cn1. The Morgan fingerprint density at radius 3 is 2.67 bits per heavy atom. The van der Waals surface area contributed by atoms with Crippen LogP contribution in [0.2, 0.25) is 5.02 Å². The Hall–Kier alpha value is -1.58. The molecule has 2 N–H and O–H groups in total.